The second-order valence-electron chi connectivity index (χ2n) is 9.29. The number of likely N-dealkylation sites (N-methyl/N-ethyl adjacent to an activating group) is 1. The number of hydrogen-bond acceptors (Lipinski definition) is 4. The van der Waals surface area contributed by atoms with Crippen molar-refractivity contribution in [2.45, 2.75) is 88.6 Å². The highest BCUT2D eigenvalue weighted by molar-refractivity contribution is 7.88. The van der Waals surface area contributed by atoms with Gasteiger partial charge in [-0.3, -0.25) is 15.1 Å². The van der Waals surface area contributed by atoms with E-state index in [2.05, 4.69) is 10.0 Å². The second-order valence-corrected chi connectivity index (χ2v) is 11.1. The summed E-state index contributed by atoms with van der Waals surface area (Å²) in [7, 11) is -1.54. The van der Waals surface area contributed by atoms with Crippen LogP contribution in [0.1, 0.15) is 77.0 Å². The fraction of sp³-hybridized carbons (Fsp3) is 0.900. The van der Waals surface area contributed by atoms with Crippen molar-refractivity contribution in [3.63, 3.8) is 0 Å². The van der Waals surface area contributed by atoms with Crippen LogP contribution in [-0.4, -0.2) is 50.1 Å². The van der Waals surface area contributed by atoms with Crippen LogP contribution in [0.4, 0.5) is 0 Å². The van der Waals surface area contributed by atoms with Gasteiger partial charge in [-0.1, -0.05) is 44.9 Å². The van der Waals surface area contributed by atoms with Crippen LogP contribution in [0.5, 0.6) is 0 Å². The Labute approximate surface area is 169 Å². The minimum Gasteiger partial charge on any atom is -0.342 e. The van der Waals surface area contributed by atoms with Gasteiger partial charge in [-0.05, 0) is 43.9 Å². The van der Waals surface area contributed by atoms with Gasteiger partial charge in [0.2, 0.25) is 10.0 Å². The Morgan fingerprint density at radius 3 is 2.43 bits per heavy atom. The number of rotatable bonds is 7. The molecule has 8 heteroatoms. The van der Waals surface area contributed by atoms with Crippen molar-refractivity contribution < 1.29 is 13.2 Å². The summed E-state index contributed by atoms with van der Waals surface area (Å²) in [6, 6.07) is -0.0437. The van der Waals surface area contributed by atoms with Crippen LogP contribution >= 0.6 is 0 Å². The van der Waals surface area contributed by atoms with Crippen LogP contribution in [0.15, 0.2) is 0 Å². The van der Waals surface area contributed by atoms with Crippen LogP contribution < -0.4 is 10.0 Å². The molecule has 1 amide bonds. The predicted octanol–water partition coefficient (Wildman–Crippen LogP) is 2.58. The number of nitrogens with zero attached hydrogens (tertiary/aromatic N) is 1. The molecule has 3 fully saturated rings. The van der Waals surface area contributed by atoms with E-state index in [0.29, 0.717) is 12.3 Å². The summed E-state index contributed by atoms with van der Waals surface area (Å²) < 4.78 is 26.0. The first-order chi connectivity index (χ1) is 13.2. The molecule has 2 saturated carbocycles. The highest BCUT2D eigenvalue weighted by Crippen LogP contribution is 2.38. The molecular weight excluding hydrogens is 376 g/mol. The first-order valence-electron chi connectivity index (χ1n) is 10.8. The Morgan fingerprint density at radius 1 is 1.14 bits per heavy atom. The zero-order chi connectivity index (χ0) is 20.4. The lowest BCUT2D eigenvalue weighted by Gasteiger charge is -2.36. The van der Waals surface area contributed by atoms with Crippen LogP contribution in [0.25, 0.3) is 0 Å². The van der Waals surface area contributed by atoms with Crippen LogP contribution in [0.2, 0.25) is 0 Å². The Bertz CT molecular complexity index is 690. The van der Waals surface area contributed by atoms with Crippen molar-refractivity contribution in [2.24, 2.45) is 11.8 Å². The lowest BCUT2D eigenvalue weighted by molar-refractivity contribution is -0.131. The standard InChI is InChI=1S/C20H36N4O3S/c1-24-18(25)20(22-19(24)21,12-11-15-7-4-3-5-8-15)14-16-9-6-10-17(13-16)23-28(2,26)27/h15-17,23H,3-14H2,1-2H3,(H2,21,22)/t16-,17+,20+/m0/s1. The van der Waals surface area contributed by atoms with Crippen molar-refractivity contribution in [3.05, 3.63) is 0 Å². The summed E-state index contributed by atoms with van der Waals surface area (Å²) in [5.74, 6) is 1.17. The molecule has 1 saturated heterocycles. The van der Waals surface area contributed by atoms with Gasteiger partial charge in [-0.15, -0.1) is 0 Å². The lowest BCUT2D eigenvalue weighted by atomic mass is 9.74. The van der Waals surface area contributed by atoms with Gasteiger partial charge < -0.3 is 5.32 Å². The van der Waals surface area contributed by atoms with Gasteiger partial charge in [0, 0.05) is 13.1 Å². The number of guanidine groups is 1. The Balaban J connectivity index is 1.68. The normalized spacial score (nSPS) is 32.6. The van der Waals surface area contributed by atoms with E-state index in [4.69, 9.17) is 5.41 Å². The molecule has 3 rings (SSSR count). The summed E-state index contributed by atoms with van der Waals surface area (Å²) in [6.07, 6.45) is 13.7. The molecule has 3 atom stereocenters. The SMILES string of the molecule is CN1C(=N)N[C@](CCC2CCCCC2)(C[C@H]2CCC[C@@H](NS(C)(=O)=O)C2)C1=O. The fourth-order valence-electron chi connectivity index (χ4n) is 5.50. The minimum atomic E-state index is -3.22. The lowest BCUT2D eigenvalue weighted by Crippen LogP contribution is -2.50. The molecule has 0 radical (unpaired) electrons. The first-order valence-corrected chi connectivity index (χ1v) is 12.7. The van der Waals surface area contributed by atoms with Crippen LogP contribution in [0.3, 0.4) is 0 Å². The molecule has 1 aliphatic heterocycles. The predicted molar refractivity (Wildman–Crippen MR) is 111 cm³/mol. The number of carbonyl (C=O) groups is 1. The molecule has 0 spiro atoms. The van der Waals surface area contributed by atoms with E-state index < -0.39 is 15.6 Å². The maximum absolute atomic E-state index is 13.1. The van der Waals surface area contributed by atoms with Gasteiger partial charge in [0.1, 0.15) is 5.54 Å². The maximum atomic E-state index is 13.1. The second kappa shape index (κ2) is 8.69. The molecule has 160 valence electrons. The third-order valence-corrected chi connectivity index (χ3v) is 7.67. The molecule has 7 nitrogen and oxygen atoms in total. The zero-order valence-corrected chi connectivity index (χ0v) is 18.1. The van der Waals surface area contributed by atoms with Crippen molar-refractivity contribution in [1.82, 2.24) is 14.9 Å². The van der Waals surface area contributed by atoms with E-state index in [0.717, 1.165) is 38.5 Å². The van der Waals surface area contributed by atoms with Crippen molar-refractivity contribution in [2.75, 3.05) is 13.3 Å². The Kier molecular flexibility index (Phi) is 6.69. The van der Waals surface area contributed by atoms with Crippen LogP contribution in [-0.2, 0) is 14.8 Å². The van der Waals surface area contributed by atoms with Gasteiger partial charge in [0.15, 0.2) is 5.96 Å². The Morgan fingerprint density at radius 2 is 1.82 bits per heavy atom. The summed E-state index contributed by atoms with van der Waals surface area (Å²) >= 11 is 0. The molecule has 28 heavy (non-hydrogen) atoms. The highest BCUT2D eigenvalue weighted by atomic mass is 32.2. The topological polar surface area (TPSA) is 102 Å². The van der Waals surface area contributed by atoms with E-state index in [1.165, 1.54) is 43.3 Å². The van der Waals surface area contributed by atoms with Gasteiger partial charge >= 0.3 is 0 Å². The molecule has 0 aromatic carbocycles. The largest absolute Gasteiger partial charge is 0.342 e. The smallest absolute Gasteiger partial charge is 0.254 e. The van der Waals surface area contributed by atoms with Gasteiger partial charge in [-0.25, -0.2) is 13.1 Å². The number of carbonyl (C=O) groups excluding carboxylic acids is 1. The summed E-state index contributed by atoms with van der Waals surface area (Å²) in [4.78, 5) is 14.5. The van der Waals surface area contributed by atoms with Crippen molar-refractivity contribution in [1.29, 1.82) is 5.41 Å². The molecule has 0 unspecified atom stereocenters. The molecule has 0 bridgehead atoms. The third-order valence-electron chi connectivity index (χ3n) is 6.91. The molecule has 3 aliphatic rings. The third kappa shape index (κ3) is 5.26. The molecule has 3 N–H and O–H groups in total. The van der Waals surface area contributed by atoms with Crippen molar-refractivity contribution >= 4 is 21.9 Å². The summed E-state index contributed by atoms with van der Waals surface area (Å²) in [5.41, 5.74) is -0.694. The number of amides is 1. The average Bonchev–Trinajstić information content (AvgIpc) is 2.84. The number of sulfonamides is 1. The van der Waals surface area contributed by atoms with E-state index in [9.17, 15) is 13.2 Å². The monoisotopic (exact) mass is 412 g/mol. The van der Waals surface area contributed by atoms with E-state index in [-0.39, 0.29) is 23.8 Å². The van der Waals surface area contributed by atoms with Crippen molar-refractivity contribution in [3.8, 4) is 0 Å². The Hall–Kier alpha value is -1.15. The summed E-state index contributed by atoms with van der Waals surface area (Å²) in [5, 5.41) is 11.4. The number of hydrogen-bond donors (Lipinski definition) is 3. The van der Waals surface area contributed by atoms with Gasteiger partial charge in [-0.2, -0.15) is 0 Å². The van der Waals surface area contributed by atoms with E-state index in [1.807, 2.05) is 0 Å². The summed E-state index contributed by atoms with van der Waals surface area (Å²) in [6.45, 7) is 0. The fourth-order valence-corrected chi connectivity index (χ4v) is 6.32. The average molecular weight is 413 g/mol. The van der Waals surface area contributed by atoms with Gasteiger partial charge in [0.05, 0.1) is 6.26 Å². The molecular formula is C20H36N4O3S. The first kappa shape index (κ1) is 21.6. The van der Waals surface area contributed by atoms with Crippen LogP contribution in [0, 0.1) is 17.2 Å². The van der Waals surface area contributed by atoms with E-state index in [1.54, 1.807) is 7.05 Å². The molecule has 1 heterocycles. The number of nitrogens with one attached hydrogen (secondary N) is 3. The highest BCUT2D eigenvalue weighted by Gasteiger charge is 2.49. The minimum absolute atomic E-state index is 0.00602. The zero-order valence-electron chi connectivity index (χ0n) is 17.3. The molecule has 2 aliphatic carbocycles. The van der Waals surface area contributed by atoms with Gasteiger partial charge in [0.25, 0.3) is 5.91 Å². The molecule has 0 aromatic rings. The maximum Gasteiger partial charge on any atom is 0.254 e. The quantitative estimate of drug-likeness (QED) is 0.598. The van der Waals surface area contributed by atoms with E-state index >= 15 is 0 Å². The molecule has 0 aromatic heterocycles.